The first-order chi connectivity index (χ1) is 9.33. The summed E-state index contributed by atoms with van der Waals surface area (Å²) in [6.45, 7) is 3.06. The minimum absolute atomic E-state index is 0.707. The van der Waals surface area contributed by atoms with Crippen LogP contribution in [0.3, 0.4) is 0 Å². The maximum atomic E-state index is 9.07. The molecule has 3 rings (SSSR count). The third-order valence-electron chi connectivity index (χ3n) is 3.44. The molecule has 1 aromatic heterocycles. The van der Waals surface area contributed by atoms with Crippen molar-refractivity contribution in [3.8, 4) is 11.1 Å². The molecule has 2 N–H and O–H groups in total. The Hall–Kier alpha value is -2.26. The molecular weight excluding hydrogens is 236 g/mol. The van der Waals surface area contributed by atoms with E-state index in [4.69, 9.17) is 5.21 Å². The van der Waals surface area contributed by atoms with Gasteiger partial charge >= 0.3 is 0 Å². The molecule has 2 aromatic carbocycles. The molecule has 0 saturated heterocycles. The lowest BCUT2D eigenvalue weighted by atomic mass is 10.0. The Kier molecular flexibility index (Phi) is 2.97. The number of benzene rings is 2. The number of rotatable bonds is 3. The second kappa shape index (κ2) is 4.78. The van der Waals surface area contributed by atoms with Crippen LogP contribution < -0.4 is 5.48 Å². The molecule has 3 nitrogen and oxygen atoms in total. The molecule has 96 valence electrons. The monoisotopic (exact) mass is 252 g/mol. The molecule has 0 amide bonds. The quantitative estimate of drug-likeness (QED) is 0.688. The fourth-order valence-corrected chi connectivity index (χ4v) is 2.48. The van der Waals surface area contributed by atoms with Crippen LogP contribution in [0.2, 0.25) is 0 Å². The summed E-state index contributed by atoms with van der Waals surface area (Å²) in [6, 6.07) is 16.2. The second-order valence-corrected chi connectivity index (χ2v) is 4.54. The predicted molar refractivity (Wildman–Crippen MR) is 78.5 cm³/mol. The lowest BCUT2D eigenvalue weighted by molar-refractivity contribution is 0.389. The van der Waals surface area contributed by atoms with Crippen LogP contribution in [0.1, 0.15) is 6.92 Å². The Labute approximate surface area is 112 Å². The van der Waals surface area contributed by atoms with E-state index >= 15 is 0 Å². The van der Waals surface area contributed by atoms with Crippen LogP contribution in [0.4, 0.5) is 5.69 Å². The number of hydrogen-bond donors (Lipinski definition) is 2. The summed E-state index contributed by atoms with van der Waals surface area (Å²) in [5.74, 6) is 0. The molecule has 3 heteroatoms. The SMILES string of the molecule is CCn1cc(-c2ccccc2)c2cc(NO)ccc21. The van der Waals surface area contributed by atoms with Crippen molar-refractivity contribution in [1.29, 1.82) is 0 Å². The van der Waals surface area contributed by atoms with E-state index < -0.39 is 0 Å². The van der Waals surface area contributed by atoms with Crippen LogP contribution in [0, 0.1) is 0 Å². The van der Waals surface area contributed by atoms with Gasteiger partial charge in [0.25, 0.3) is 0 Å². The van der Waals surface area contributed by atoms with Crippen molar-refractivity contribution in [2.24, 2.45) is 0 Å². The number of fused-ring (bicyclic) bond motifs is 1. The molecule has 0 aliphatic rings. The molecule has 0 unspecified atom stereocenters. The molecule has 0 aliphatic carbocycles. The van der Waals surface area contributed by atoms with Gasteiger partial charge in [-0.1, -0.05) is 30.3 Å². The number of nitrogens with zero attached hydrogens (tertiary/aromatic N) is 1. The summed E-state index contributed by atoms with van der Waals surface area (Å²) in [5.41, 5.74) is 6.48. The normalized spacial score (nSPS) is 10.8. The highest BCUT2D eigenvalue weighted by atomic mass is 16.5. The standard InChI is InChI=1S/C16H16N2O/c1-2-18-11-15(12-6-4-3-5-7-12)14-10-13(17-19)8-9-16(14)18/h3-11,17,19H,2H2,1H3. The Morgan fingerprint density at radius 1 is 1.11 bits per heavy atom. The number of nitrogens with one attached hydrogen (secondary N) is 1. The smallest absolute Gasteiger partial charge is 0.0609 e. The zero-order chi connectivity index (χ0) is 13.2. The summed E-state index contributed by atoms with van der Waals surface area (Å²) in [4.78, 5) is 0. The van der Waals surface area contributed by atoms with Crippen LogP contribution in [-0.4, -0.2) is 9.77 Å². The number of hydrogen-bond acceptors (Lipinski definition) is 2. The zero-order valence-corrected chi connectivity index (χ0v) is 10.8. The summed E-state index contributed by atoms with van der Waals surface area (Å²) in [7, 11) is 0. The van der Waals surface area contributed by atoms with E-state index in [1.165, 1.54) is 16.6 Å². The van der Waals surface area contributed by atoms with Crippen molar-refractivity contribution < 1.29 is 5.21 Å². The number of anilines is 1. The highest BCUT2D eigenvalue weighted by Crippen LogP contribution is 2.32. The average Bonchev–Trinajstić information content (AvgIpc) is 2.86. The third-order valence-corrected chi connectivity index (χ3v) is 3.44. The maximum absolute atomic E-state index is 9.07. The van der Waals surface area contributed by atoms with Gasteiger partial charge in [-0.3, -0.25) is 10.7 Å². The van der Waals surface area contributed by atoms with Gasteiger partial charge in [0, 0.05) is 29.2 Å². The van der Waals surface area contributed by atoms with Crippen molar-refractivity contribution >= 4 is 16.6 Å². The maximum Gasteiger partial charge on any atom is 0.0609 e. The second-order valence-electron chi connectivity index (χ2n) is 4.54. The lowest BCUT2D eigenvalue weighted by Crippen LogP contribution is -1.91. The van der Waals surface area contributed by atoms with Gasteiger partial charge in [0.2, 0.25) is 0 Å². The molecule has 19 heavy (non-hydrogen) atoms. The van der Waals surface area contributed by atoms with Crippen molar-refractivity contribution in [2.45, 2.75) is 13.5 Å². The molecule has 0 radical (unpaired) electrons. The Morgan fingerprint density at radius 2 is 1.89 bits per heavy atom. The van der Waals surface area contributed by atoms with E-state index in [0.717, 1.165) is 11.9 Å². The van der Waals surface area contributed by atoms with Gasteiger partial charge in [-0.15, -0.1) is 0 Å². The highest BCUT2D eigenvalue weighted by Gasteiger charge is 2.09. The molecule has 1 heterocycles. The van der Waals surface area contributed by atoms with Gasteiger partial charge in [-0.05, 0) is 30.7 Å². The van der Waals surface area contributed by atoms with E-state index in [9.17, 15) is 0 Å². The van der Waals surface area contributed by atoms with Crippen molar-refractivity contribution in [3.05, 3.63) is 54.7 Å². The molecule has 0 bridgehead atoms. The third kappa shape index (κ3) is 1.98. The fourth-order valence-electron chi connectivity index (χ4n) is 2.48. The first-order valence-electron chi connectivity index (χ1n) is 6.42. The topological polar surface area (TPSA) is 37.2 Å². The number of aryl methyl sites for hydroxylation is 1. The highest BCUT2D eigenvalue weighted by molar-refractivity contribution is 5.97. The molecular formula is C16H16N2O. The minimum atomic E-state index is 0.707. The summed E-state index contributed by atoms with van der Waals surface area (Å²) < 4.78 is 2.22. The molecule has 0 saturated carbocycles. The van der Waals surface area contributed by atoms with E-state index in [1.807, 2.05) is 36.4 Å². The zero-order valence-electron chi connectivity index (χ0n) is 10.8. The number of aromatic nitrogens is 1. The first-order valence-corrected chi connectivity index (χ1v) is 6.42. The van der Waals surface area contributed by atoms with Gasteiger partial charge in [0.05, 0.1) is 5.69 Å². The van der Waals surface area contributed by atoms with Gasteiger partial charge in [0.1, 0.15) is 0 Å². The Balaban J connectivity index is 2.29. The first kappa shape index (κ1) is 11.8. The summed E-state index contributed by atoms with van der Waals surface area (Å²) in [6.07, 6.45) is 2.17. The van der Waals surface area contributed by atoms with Gasteiger partial charge in [-0.2, -0.15) is 0 Å². The minimum Gasteiger partial charge on any atom is -0.347 e. The van der Waals surface area contributed by atoms with E-state index in [0.29, 0.717) is 5.69 Å². The summed E-state index contributed by atoms with van der Waals surface area (Å²) >= 11 is 0. The predicted octanol–water partition coefficient (Wildman–Crippen LogP) is 4.13. The van der Waals surface area contributed by atoms with E-state index in [1.54, 1.807) is 0 Å². The van der Waals surface area contributed by atoms with Crippen LogP contribution in [0.25, 0.3) is 22.0 Å². The molecule has 0 spiro atoms. The fraction of sp³-hybridized carbons (Fsp3) is 0.125. The Morgan fingerprint density at radius 3 is 2.58 bits per heavy atom. The van der Waals surface area contributed by atoms with Gasteiger partial charge in [-0.25, -0.2) is 0 Å². The average molecular weight is 252 g/mol. The van der Waals surface area contributed by atoms with Gasteiger partial charge in [0.15, 0.2) is 0 Å². The molecule has 0 fully saturated rings. The summed E-state index contributed by atoms with van der Waals surface area (Å²) in [5, 5.41) is 10.2. The van der Waals surface area contributed by atoms with Crippen molar-refractivity contribution in [1.82, 2.24) is 4.57 Å². The largest absolute Gasteiger partial charge is 0.347 e. The van der Waals surface area contributed by atoms with Crippen molar-refractivity contribution in [3.63, 3.8) is 0 Å². The van der Waals surface area contributed by atoms with Crippen LogP contribution in [-0.2, 0) is 6.54 Å². The van der Waals surface area contributed by atoms with Crippen molar-refractivity contribution in [2.75, 3.05) is 5.48 Å². The van der Waals surface area contributed by atoms with Crippen LogP contribution in [0.5, 0.6) is 0 Å². The molecule has 3 aromatic rings. The molecule has 0 atom stereocenters. The van der Waals surface area contributed by atoms with Crippen LogP contribution >= 0.6 is 0 Å². The lowest BCUT2D eigenvalue weighted by Gasteiger charge is -2.02. The van der Waals surface area contributed by atoms with E-state index in [-0.39, 0.29) is 0 Å². The van der Waals surface area contributed by atoms with Gasteiger partial charge < -0.3 is 4.57 Å². The van der Waals surface area contributed by atoms with Crippen LogP contribution in [0.15, 0.2) is 54.7 Å². The van der Waals surface area contributed by atoms with E-state index in [2.05, 4.69) is 35.3 Å². The Bertz CT molecular complexity index is 701. The molecule has 0 aliphatic heterocycles.